The molecule has 0 fully saturated rings. The predicted molar refractivity (Wildman–Crippen MR) is 45.3 cm³/mol. The normalized spacial score (nSPS) is 15.8. The number of nitrogens with zero attached hydrogens (tertiary/aromatic N) is 2. The zero-order valence-electron chi connectivity index (χ0n) is 7.21. The van der Waals surface area contributed by atoms with Crippen molar-refractivity contribution in [3.8, 4) is 0 Å². The molecule has 64 valence electrons. The summed E-state index contributed by atoms with van der Waals surface area (Å²) in [6.07, 6.45) is 4.28. The maximum absolute atomic E-state index is 10.6. The summed E-state index contributed by atoms with van der Waals surface area (Å²) in [5.41, 5.74) is 1.65. The second-order valence-electron chi connectivity index (χ2n) is 3.23. The number of hydrogen-bond acceptors (Lipinski definition) is 2. The summed E-state index contributed by atoms with van der Waals surface area (Å²) in [7, 11) is 0. The average Bonchev–Trinajstić information content (AvgIpc) is 2.44. The van der Waals surface area contributed by atoms with Crippen molar-refractivity contribution in [2.75, 3.05) is 0 Å². The lowest BCUT2D eigenvalue weighted by Gasteiger charge is -2.14. The van der Waals surface area contributed by atoms with Gasteiger partial charge in [-0.25, -0.2) is 4.98 Å². The molecule has 3 heteroatoms. The van der Waals surface area contributed by atoms with E-state index < -0.39 is 0 Å². The van der Waals surface area contributed by atoms with Gasteiger partial charge in [0.25, 0.3) is 0 Å². The third kappa shape index (κ3) is 0.967. The van der Waals surface area contributed by atoms with Gasteiger partial charge in [-0.05, 0) is 19.8 Å². The van der Waals surface area contributed by atoms with Crippen molar-refractivity contribution in [1.82, 2.24) is 9.55 Å². The Hall–Kier alpha value is -1.12. The molecule has 1 aromatic heterocycles. The van der Waals surface area contributed by atoms with Gasteiger partial charge in [-0.15, -0.1) is 0 Å². The van der Waals surface area contributed by atoms with Gasteiger partial charge >= 0.3 is 0 Å². The van der Waals surface area contributed by atoms with Crippen molar-refractivity contribution in [2.24, 2.45) is 0 Å². The first-order valence-electron chi connectivity index (χ1n) is 4.34. The van der Waals surface area contributed by atoms with Crippen molar-refractivity contribution in [3.05, 3.63) is 17.2 Å². The maximum Gasteiger partial charge on any atom is 0.170 e. The van der Waals surface area contributed by atoms with Gasteiger partial charge in [0.2, 0.25) is 0 Å². The summed E-state index contributed by atoms with van der Waals surface area (Å²) >= 11 is 0. The smallest absolute Gasteiger partial charge is 0.170 e. The molecule has 0 atom stereocenters. The molecule has 3 nitrogen and oxygen atoms in total. The molecule has 0 aromatic carbocycles. The lowest BCUT2D eigenvalue weighted by molar-refractivity contribution is 0.111. The lowest BCUT2D eigenvalue weighted by Crippen LogP contribution is -2.11. The number of fused-ring (bicyclic) bond motifs is 1. The summed E-state index contributed by atoms with van der Waals surface area (Å²) in [5, 5.41) is 0. The zero-order chi connectivity index (χ0) is 8.55. The van der Waals surface area contributed by atoms with Crippen molar-refractivity contribution in [3.63, 3.8) is 0 Å². The molecule has 1 aliphatic rings. The van der Waals surface area contributed by atoms with Crippen molar-refractivity contribution >= 4 is 6.29 Å². The fourth-order valence-electron chi connectivity index (χ4n) is 1.76. The minimum Gasteiger partial charge on any atom is -0.332 e. The Morgan fingerprint density at radius 2 is 2.33 bits per heavy atom. The molecule has 0 unspecified atom stereocenters. The molecule has 0 saturated carbocycles. The van der Waals surface area contributed by atoms with Gasteiger partial charge in [-0.1, -0.05) is 0 Å². The Bertz CT molecular complexity index is 315. The highest BCUT2D eigenvalue weighted by atomic mass is 16.1. The van der Waals surface area contributed by atoms with E-state index in [1.165, 1.54) is 12.8 Å². The lowest BCUT2D eigenvalue weighted by atomic mass is 10.2. The maximum atomic E-state index is 10.6. The second kappa shape index (κ2) is 2.73. The first-order valence-corrected chi connectivity index (χ1v) is 4.34. The van der Waals surface area contributed by atoms with Gasteiger partial charge in [-0.3, -0.25) is 4.79 Å². The van der Waals surface area contributed by atoms with Crippen LogP contribution in [-0.4, -0.2) is 15.8 Å². The number of aromatic nitrogens is 2. The number of aldehydes is 1. The number of aryl methyl sites for hydroxylation is 1. The van der Waals surface area contributed by atoms with Crippen LogP contribution < -0.4 is 0 Å². The molecule has 1 aliphatic heterocycles. The molecular weight excluding hydrogens is 152 g/mol. The third-order valence-electron chi connectivity index (χ3n) is 2.48. The largest absolute Gasteiger partial charge is 0.332 e. The number of hydrogen-bond donors (Lipinski definition) is 0. The highest BCUT2D eigenvalue weighted by Crippen LogP contribution is 2.17. The van der Waals surface area contributed by atoms with Gasteiger partial charge in [0, 0.05) is 18.7 Å². The summed E-state index contributed by atoms with van der Waals surface area (Å²) in [4.78, 5) is 14.8. The van der Waals surface area contributed by atoms with Crippen LogP contribution in [0.1, 0.15) is 34.8 Å². The quantitative estimate of drug-likeness (QED) is 0.587. The fourth-order valence-corrected chi connectivity index (χ4v) is 1.76. The Morgan fingerprint density at radius 1 is 1.50 bits per heavy atom. The Balaban J connectivity index is 2.51. The van der Waals surface area contributed by atoms with Crippen LogP contribution in [-0.2, 0) is 13.0 Å². The molecule has 0 bridgehead atoms. The van der Waals surface area contributed by atoms with Crippen molar-refractivity contribution < 1.29 is 4.79 Å². The molecule has 0 aliphatic carbocycles. The Morgan fingerprint density at radius 3 is 3.00 bits per heavy atom. The standard InChI is InChI=1S/C9H12N2O/c1-7-8(6-12)10-9-4-2-3-5-11(7)9/h6H,2-5H2,1H3. The van der Waals surface area contributed by atoms with E-state index in [2.05, 4.69) is 9.55 Å². The molecule has 2 rings (SSSR count). The molecule has 0 N–H and O–H groups in total. The zero-order valence-corrected chi connectivity index (χ0v) is 7.21. The van der Waals surface area contributed by atoms with E-state index in [0.717, 1.165) is 30.8 Å². The van der Waals surface area contributed by atoms with E-state index >= 15 is 0 Å². The van der Waals surface area contributed by atoms with Gasteiger partial charge < -0.3 is 4.57 Å². The van der Waals surface area contributed by atoms with Crippen LogP contribution in [0.5, 0.6) is 0 Å². The number of carbonyl (C=O) groups excluding carboxylic acids is 1. The Kier molecular flexibility index (Phi) is 1.71. The first kappa shape index (κ1) is 7.53. The van der Waals surface area contributed by atoms with Crippen LogP contribution in [0, 0.1) is 6.92 Å². The molecule has 12 heavy (non-hydrogen) atoms. The van der Waals surface area contributed by atoms with E-state index in [4.69, 9.17) is 0 Å². The number of imidazole rings is 1. The highest BCUT2D eigenvalue weighted by molar-refractivity contribution is 5.73. The van der Waals surface area contributed by atoms with Gasteiger partial charge in [0.1, 0.15) is 11.5 Å². The van der Waals surface area contributed by atoms with Crippen LogP contribution >= 0.6 is 0 Å². The molecule has 1 aromatic rings. The van der Waals surface area contributed by atoms with Crippen LogP contribution in [0.4, 0.5) is 0 Å². The van der Waals surface area contributed by atoms with Crippen LogP contribution in [0.3, 0.4) is 0 Å². The van der Waals surface area contributed by atoms with Crippen molar-refractivity contribution in [1.29, 1.82) is 0 Å². The molecule has 2 heterocycles. The van der Waals surface area contributed by atoms with Crippen LogP contribution in [0.15, 0.2) is 0 Å². The topological polar surface area (TPSA) is 34.9 Å². The van der Waals surface area contributed by atoms with E-state index in [0.29, 0.717) is 5.69 Å². The number of carbonyl (C=O) groups is 1. The summed E-state index contributed by atoms with van der Waals surface area (Å²) in [5.74, 6) is 1.08. The third-order valence-corrected chi connectivity index (χ3v) is 2.48. The summed E-state index contributed by atoms with van der Waals surface area (Å²) in [6.45, 7) is 2.99. The monoisotopic (exact) mass is 164 g/mol. The summed E-state index contributed by atoms with van der Waals surface area (Å²) in [6, 6.07) is 0. The minimum atomic E-state index is 0.618. The minimum absolute atomic E-state index is 0.618. The van der Waals surface area contributed by atoms with Crippen LogP contribution in [0.2, 0.25) is 0 Å². The van der Waals surface area contributed by atoms with E-state index in [1.807, 2.05) is 6.92 Å². The molecule has 0 radical (unpaired) electrons. The van der Waals surface area contributed by atoms with E-state index in [-0.39, 0.29) is 0 Å². The molecule has 0 spiro atoms. The highest BCUT2D eigenvalue weighted by Gasteiger charge is 2.15. The van der Waals surface area contributed by atoms with Gasteiger partial charge in [-0.2, -0.15) is 0 Å². The van der Waals surface area contributed by atoms with Gasteiger partial charge in [0.05, 0.1) is 0 Å². The second-order valence-corrected chi connectivity index (χ2v) is 3.23. The number of rotatable bonds is 1. The molecule has 0 saturated heterocycles. The van der Waals surface area contributed by atoms with Crippen LogP contribution in [0.25, 0.3) is 0 Å². The summed E-state index contributed by atoms with van der Waals surface area (Å²) < 4.78 is 2.16. The van der Waals surface area contributed by atoms with E-state index in [1.54, 1.807) is 0 Å². The predicted octanol–water partition coefficient (Wildman–Crippen LogP) is 1.34. The molecule has 0 amide bonds. The SMILES string of the molecule is Cc1c(C=O)nc2n1CCCC2. The average molecular weight is 164 g/mol. The first-order chi connectivity index (χ1) is 5.83. The fraction of sp³-hybridized carbons (Fsp3) is 0.556. The van der Waals surface area contributed by atoms with Crippen molar-refractivity contribution in [2.45, 2.75) is 32.7 Å². The molecular formula is C9H12N2O. The Labute approximate surface area is 71.4 Å². The van der Waals surface area contributed by atoms with Gasteiger partial charge in [0.15, 0.2) is 6.29 Å². The van der Waals surface area contributed by atoms with E-state index in [9.17, 15) is 4.79 Å².